The van der Waals surface area contributed by atoms with Crippen LogP contribution in [0.15, 0.2) is 54.2 Å². The average molecular weight is 342 g/mol. The van der Waals surface area contributed by atoms with Crippen LogP contribution in [0.3, 0.4) is 0 Å². The van der Waals surface area contributed by atoms with E-state index in [1.807, 2.05) is 24.3 Å². The zero-order chi connectivity index (χ0) is 17.5. The van der Waals surface area contributed by atoms with Crippen LogP contribution in [0.5, 0.6) is 5.75 Å². The number of halogens is 1. The van der Waals surface area contributed by atoms with Crippen LogP contribution in [0.25, 0.3) is 0 Å². The van der Waals surface area contributed by atoms with Crippen molar-refractivity contribution in [3.05, 3.63) is 70.4 Å². The lowest BCUT2D eigenvalue weighted by Gasteiger charge is -2.08. The summed E-state index contributed by atoms with van der Waals surface area (Å²) in [6.45, 7) is 2.15. The second-order valence-electron chi connectivity index (χ2n) is 5.10. The number of amides is 1. The lowest BCUT2D eigenvalue weighted by atomic mass is 10.1. The average Bonchev–Trinajstić information content (AvgIpc) is 2.55. The van der Waals surface area contributed by atoms with E-state index in [0.717, 1.165) is 5.56 Å². The van der Waals surface area contributed by atoms with Crippen LogP contribution in [-0.4, -0.2) is 11.0 Å². The number of nitriles is 1. The predicted molar refractivity (Wildman–Crippen MR) is 93.5 cm³/mol. The van der Waals surface area contributed by atoms with Crippen molar-refractivity contribution in [3.8, 4) is 11.8 Å². The van der Waals surface area contributed by atoms with E-state index in [9.17, 15) is 9.90 Å². The van der Waals surface area contributed by atoms with Gasteiger partial charge in [-0.25, -0.2) is 0 Å². The molecule has 2 aromatic carbocycles. The minimum absolute atomic E-state index is 0.0606. The van der Waals surface area contributed by atoms with Gasteiger partial charge in [-0.05, 0) is 42.3 Å². The van der Waals surface area contributed by atoms with Gasteiger partial charge in [0.1, 0.15) is 17.4 Å². The Balaban J connectivity index is 2.03. The van der Waals surface area contributed by atoms with Crippen molar-refractivity contribution >= 4 is 23.2 Å². The number of nitrogens with one attached hydrogen (secondary N) is 2. The number of anilines is 1. The third-order valence-electron chi connectivity index (χ3n) is 3.32. The van der Waals surface area contributed by atoms with E-state index in [0.29, 0.717) is 22.8 Å². The third-order valence-corrected chi connectivity index (χ3v) is 3.69. The smallest absolute Gasteiger partial charge is 0.267 e. The summed E-state index contributed by atoms with van der Waals surface area (Å²) < 4.78 is 0. The monoisotopic (exact) mass is 341 g/mol. The molecule has 6 heteroatoms. The molecule has 0 fully saturated rings. The van der Waals surface area contributed by atoms with E-state index in [2.05, 4.69) is 10.6 Å². The number of carbonyl (C=O) groups is 1. The highest BCUT2D eigenvalue weighted by molar-refractivity contribution is 6.31. The van der Waals surface area contributed by atoms with E-state index in [4.69, 9.17) is 16.9 Å². The maximum atomic E-state index is 12.2. The van der Waals surface area contributed by atoms with E-state index < -0.39 is 5.91 Å². The first kappa shape index (κ1) is 17.4. The Hall–Kier alpha value is -2.97. The van der Waals surface area contributed by atoms with E-state index in [1.54, 1.807) is 19.1 Å². The molecule has 3 N–H and O–H groups in total. The standard InChI is InChI=1S/C18H16ClN3O2/c1-12-8-15(23)6-7-17(12)22-18(24)14(9-20)11-21-10-13-4-2-3-5-16(13)19/h2-8,11,21,23H,10H2,1H3,(H,22,24)/b14-11-. The summed E-state index contributed by atoms with van der Waals surface area (Å²) in [5.41, 5.74) is 2.03. The Morgan fingerprint density at radius 3 is 2.75 bits per heavy atom. The number of hydrogen-bond donors (Lipinski definition) is 3. The zero-order valence-corrected chi connectivity index (χ0v) is 13.8. The van der Waals surface area contributed by atoms with Crippen LogP contribution in [-0.2, 0) is 11.3 Å². The van der Waals surface area contributed by atoms with Gasteiger partial charge in [-0.2, -0.15) is 5.26 Å². The molecule has 0 atom stereocenters. The number of carbonyl (C=O) groups excluding carboxylic acids is 1. The molecule has 0 aromatic heterocycles. The Labute approximate surface area is 145 Å². The zero-order valence-electron chi connectivity index (χ0n) is 13.0. The van der Waals surface area contributed by atoms with Gasteiger partial charge in [-0.3, -0.25) is 4.79 Å². The molecule has 0 saturated heterocycles. The number of phenolic OH excluding ortho intramolecular Hbond substituents is 1. The SMILES string of the molecule is Cc1cc(O)ccc1NC(=O)/C(C#N)=C\NCc1ccccc1Cl. The van der Waals surface area contributed by atoms with Crippen molar-refractivity contribution in [3.63, 3.8) is 0 Å². The molecule has 0 bridgehead atoms. The van der Waals surface area contributed by atoms with Gasteiger partial charge < -0.3 is 15.7 Å². The van der Waals surface area contributed by atoms with Gasteiger partial charge in [0.25, 0.3) is 5.91 Å². The molecular weight excluding hydrogens is 326 g/mol. The normalized spacial score (nSPS) is 10.8. The topological polar surface area (TPSA) is 85.2 Å². The molecule has 2 rings (SSSR count). The molecule has 0 radical (unpaired) electrons. The molecule has 0 aliphatic rings. The van der Waals surface area contributed by atoms with Gasteiger partial charge in [0, 0.05) is 23.5 Å². The first-order chi connectivity index (χ1) is 11.5. The summed E-state index contributed by atoms with van der Waals surface area (Å²) in [5.74, 6) is -0.416. The number of aromatic hydroxyl groups is 1. The van der Waals surface area contributed by atoms with Gasteiger partial charge in [-0.1, -0.05) is 29.8 Å². The molecule has 5 nitrogen and oxygen atoms in total. The van der Waals surface area contributed by atoms with Crippen molar-refractivity contribution in [2.75, 3.05) is 5.32 Å². The lowest BCUT2D eigenvalue weighted by Crippen LogP contribution is -2.17. The second kappa shape index (κ2) is 8.04. The number of aryl methyl sites for hydroxylation is 1. The Morgan fingerprint density at radius 2 is 2.08 bits per heavy atom. The summed E-state index contributed by atoms with van der Waals surface area (Å²) in [6, 6.07) is 13.7. The van der Waals surface area contributed by atoms with Crippen LogP contribution in [0.1, 0.15) is 11.1 Å². The Kier molecular flexibility index (Phi) is 5.83. The number of rotatable bonds is 5. The van der Waals surface area contributed by atoms with E-state index in [1.165, 1.54) is 18.3 Å². The molecule has 24 heavy (non-hydrogen) atoms. The Bertz CT molecular complexity index is 825. The van der Waals surface area contributed by atoms with Crippen LogP contribution >= 0.6 is 11.6 Å². The first-order valence-electron chi connectivity index (χ1n) is 7.19. The van der Waals surface area contributed by atoms with Gasteiger partial charge in [0.05, 0.1) is 0 Å². The van der Waals surface area contributed by atoms with Crippen LogP contribution in [0, 0.1) is 18.3 Å². The Morgan fingerprint density at radius 1 is 1.33 bits per heavy atom. The minimum Gasteiger partial charge on any atom is -0.508 e. The van der Waals surface area contributed by atoms with Crippen molar-refractivity contribution in [2.45, 2.75) is 13.5 Å². The van der Waals surface area contributed by atoms with Gasteiger partial charge in [0.15, 0.2) is 0 Å². The van der Waals surface area contributed by atoms with E-state index >= 15 is 0 Å². The van der Waals surface area contributed by atoms with Gasteiger partial charge in [0.2, 0.25) is 0 Å². The molecule has 0 unspecified atom stereocenters. The van der Waals surface area contributed by atoms with Crippen molar-refractivity contribution in [2.24, 2.45) is 0 Å². The summed E-state index contributed by atoms with van der Waals surface area (Å²) in [7, 11) is 0. The lowest BCUT2D eigenvalue weighted by molar-refractivity contribution is -0.112. The van der Waals surface area contributed by atoms with Crippen molar-refractivity contribution in [1.29, 1.82) is 5.26 Å². The highest BCUT2D eigenvalue weighted by atomic mass is 35.5. The van der Waals surface area contributed by atoms with Crippen molar-refractivity contribution in [1.82, 2.24) is 5.32 Å². The minimum atomic E-state index is -0.530. The van der Waals surface area contributed by atoms with Crippen LogP contribution in [0.4, 0.5) is 5.69 Å². The fraction of sp³-hybridized carbons (Fsp3) is 0.111. The number of hydrogen-bond acceptors (Lipinski definition) is 4. The number of benzene rings is 2. The second-order valence-corrected chi connectivity index (χ2v) is 5.50. The summed E-state index contributed by atoms with van der Waals surface area (Å²) >= 11 is 6.05. The van der Waals surface area contributed by atoms with Gasteiger partial charge in [-0.15, -0.1) is 0 Å². The fourth-order valence-electron chi connectivity index (χ4n) is 2.03. The quantitative estimate of drug-likeness (QED) is 0.441. The molecule has 0 spiro atoms. The van der Waals surface area contributed by atoms with Crippen LogP contribution in [0.2, 0.25) is 5.02 Å². The maximum absolute atomic E-state index is 12.2. The molecule has 122 valence electrons. The molecule has 2 aromatic rings. The molecular formula is C18H16ClN3O2. The van der Waals surface area contributed by atoms with E-state index in [-0.39, 0.29) is 11.3 Å². The summed E-state index contributed by atoms with van der Waals surface area (Å²) in [4.78, 5) is 12.2. The third kappa shape index (κ3) is 4.51. The highest BCUT2D eigenvalue weighted by Crippen LogP contribution is 2.20. The molecule has 1 amide bonds. The summed E-state index contributed by atoms with van der Waals surface area (Å²) in [6.07, 6.45) is 1.36. The van der Waals surface area contributed by atoms with Crippen molar-refractivity contribution < 1.29 is 9.90 Å². The predicted octanol–water partition coefficient (Wildman–Crippen LogP) is 3.49. The maximum Gasteiger partial charge on any atom is 0.267 e. The van der Waals surface area contributed by atoms with Crippen LogP contribution < -0.4 is 10.6 Å². The molecule has 0 saturated carbocycles. The first-order valence-corrected chi connectivity index (χ1v) is 7.57. The molecule has 0 aliphatic carbocycles. The fourth-order valence-corrected chi connectivity index (χ4v) is 2.23. The number of phenols is 1. The highest BCUT2D eigenvalue weighted by Gasteiger charge is 2.11. The number of nitrogens with zero attached hydrogens (tertiary/aromatic N) is 1. The molecule has 0 aliphatic heterocycles. The summed E-state index contributed by atoms with van der Waals surface area (Å²) in [5, 5.41) is 24.7. The largest absolute Gasteiger partial charge is 0.508 e. The van der Waals surface area contributed by atoms with Gasteiger partial charge >= 0.3 is 0 Å². The molecule has 0 heterocycles.